The van der Waals surface area contributed by atoms with E-state index in [2.05, 4.69) is 10.1 Å². The van der Waals surface area contributed by atoms with Gasteiger partial charge in [0.15, 0.2) is 5.16 Å². The number of aryl methyl sites for hydroxylation is 1. The summed E-state index contributed by atoms with van der Waals surface area (Å²) in [6, 6.07) is 5.07. The predicted molar refractivity (Wildman–Crippen MR) is 71.6 cm³/mol. The van der Waals surface area contributed by atoms with Gasteiger partial charge in [-0.1, -0.05) is 17.7 Å². The number of nitrogens with one attached hydrogen (secondary N) is 1. The van der Waals surface area contributed by atoms with Gasteiger partial charge < -0.3 is 5.11 Å². The summed E-state index contributed by atoms with van der Waals surface area (Å²) in [5.74, 6) is 0. The van der Waals surface area contributed by atoms with Gasteiger partial charge in [-0.05, 0) is 29.5 Å². The van der Waals surface area contributed by atoms with Crippen LogP contribution >= 0.6 is 23.4 Å². The Kier molecular flexibility index (Phi) is 4.08. The van der Waals surface area contributed by atoms with E-state index in [1.165, 1.54) is 4.68 Å². The molecular formula is C11H10ClN3O3S. The minimum absolute atomic E-state index is 0.0972. The van der Waals surface area contributed by atoms with Crippen molar-refractivity contribution in [2.75, 3.05) is 0 Å². The highest BCUT2D eigenvalue weighted by molar-refractivity contribution is 7.99. The summed E-state index contributed by atoms with van der Waals surface area (Å²) in [5, 5.41) is 12.1. The van der Waals surface area contributed by atoms with Crippen LogP contribution in [0.2, 0.25) is 5.02 Å². The summed E-state index contributed by atoms with van der Waals surface area (Å²) in [6.45, 7) is -0.0972. The quantitative estimate of drug-likeness (QED) is 0.817. The third-order valence-corrected chi connectivity index (χ3v) is 3.88. The lowest BCUT2D eigenvalue weighted by atomic mass is 10.2. The van der Waals surface area contributed by atoms with E-state index in [1.807, 2.05) is 0 Å². The van der Waals surface area contributed by atoms with E-state index < -0.39 is 11.1 Å². The van der Waals surface area contributed by atoms with Crippen LogP contribution in [0.25, 0.3) is 0 Å². The van der Waals surface area contributed by atoms with Crippen LogP contribution in [0.1, 0.15) is 5.56 Å². The lowest BCUT2D eigenvalue weighted by Gasteiger charge is -2.07. The normalized spacial score (nSPS) is 10.7. The van der Waals surface area contributed by atoms with Gasteiger partial charge in [-0.2, -0.15) is 4.98 Å². The molecule has 1 aromatic carbocycles. The number of hydrogen-bond acceptors (Lipinski definition) is 5. The van der Waals surface area contributed by atoms with Crippen molar-refractivity contribution in [2.24, 2.45) is 7.05 Å². The molecule has 2 N–H and O–H groups in total. The van der Waals surface area contributed by atoms with Gasteiger partial charge in [0, 0.05) is 11.9 Å². The van der Waals surface area contributed by atoms with Gasteiger partial charge in [-0.3, -0.25) is 19.4 Å². The highest BCUT2D eigenvalue weighted by Crippen LogP contribution is 2.31. The summed E-state index contributed by atoms with van der Waals surface area (Å²) in [5.41, 5.74) is -0.921. The van der Waals surface area contributed by atoms with Crippen LogP contribution in [-0.2, 0) is 13.7 Å². The zero-order chi connectivity index (χ0) is 14.0. The summed E-state index contributed by atoms with van der Waals surface area (Å²) in [4.78, 5) is 26.6. The Morgan fingerprint density at radius 3 is 2.84 bits per heavy atom. The fraction of sp³-hybridized carbons (Fsp3) is 0.182. The number of hydrogen-bond donors (Lipinski definition) is 2. The van der Waals surface area contributed by atoms with Crippen LogP contribution in [0.15, 0.2) is 37.8 Å². The molecular weight excluding hydrogens is 290 g/mol. The van der Waals surface area contributed by atoms with Gasteiger partial charge in [-0.15, -0.1) is 0 Å². The summed E-state index contributed by atoms with van der Waals surface area (Å²) in [6.07, 6.45) is 0. The van der Waals surface area contributed by atoms with Crippen molar-refractivity contribution in [2.45, 2.75) is 16.7 Å². The van der Waals surface area contributed by atoms with Crippen LogP contribution < -0.4 is 11.1 Å². The van der Waals surface area contributed by atoms with E-state index in [4.69, 9.17) is 16.7 Å². The van der Waals surface area contributed by atoms with Crippen molar-refractivity contribution in [3.63, 3.8) is 0 Å². The van der Waals surface area contributed by atoms with Gasteiger partial charge in [0.05, 0.1) is 11.6 Å². The zero-order valence-electron chi connectivity index (χ0n) is 9.88. The molecule has 0 saturated carbocycles. The molecule has 0 radical (unpaired) electrons. The molecule has 0 aliphatic heterocycles. The van der Waals surface area contributed by atoms with Gasteiger partial charge in [0.2, 0.25) is 0 Å². The van der Waals surface area contributed by atoms with E-state index in [9.17, 15) is 9.59 Å². The largest absolute Gasteiger partial charge is 0.392 e. The number of nitrogens with zero attached hydrogens (tertiary/aromatic N) is 2. The standard InChI is InChI=1S/C11H10ClN3O3S/c1-15-11(13-9(17)10(18)14-15)19-8-3-2-6(5-16)4-7(8)12/h2-4,16H,5H2,1H3,(H,14,18). The zero-order valence-corrected chi connectivity index (χ0v) is 11.5. The van der Waals surface area contributed by atoms with Gasteiger partial charge >= 0.3 is 11.1 Å². The molecule has 2 aromatic rings. The molecule has 0 spiro atoms. The van der Waals surface area contributed by atoms with E-state index in [1.54, 1.807) is 25.2 Å². The fourth-order valence-corrected chi connectivity index (χ4v) is 2.49. The Hall–Kier alpha value is -1.57. The lowest BCUT2D eigenvalue weighted by Crippen LogP contribution is -2.33. The molecule has 2 rings (SSSR count). The van der Waals surface area contributed by atoms with Crippen LogP contribution in [0.4, 0.5) is 0 Å². The first-order valence-corrected chi connectivity index (χ1v) is 6.45. The number of aromatic nitrogens is 3. The Labute approximate surface area is 117 Å². The maximum absolute atomic E-state index is 11.2. The first-order valence-electron chi connectivity index (χ1n) is 5.25. The van der Waals surface area contributed by atoms with E-state index >= 15 is 0 Å². The number of H-pyrrole nitrogens is 1. The number of aliphatic hydroxyl groups is 1. The topological polar surface area (TPSA) is 88.0 Å². The van der Waals surface area contributed by atoms with E-state index in [-0.39, 0.29) is 6.61 Å². The maximum atomic E-state index is 11.2. The predicted octanol–water partition coefficient (Wildman–Crippen LogP) is 0.765. The second-order valence-corrected chi connectivity index (χ2v) is 5.14. The number of benzene rings is 1. The molecule has 0 atom stereocenters. The minimum Gasteiger partial charge on any atom is -0.392 e. The number of aromatic amines is 1. The molecule has 100 valence electrons. The van der Waals surface area contributed by atoms with E-state index in [0.29, 0.717) is 20.6 Å². The van der Waals surface area contributed by atoms with E-state index in [0.717, 1.165) is 11.8 Å². The average Bonchev–Trinajstić information content (AvgIpc) is 2.38. The Bertz CT molecular complexity index is 726. The van der Waals surface area contributed by atoms with Crippen molar-refractivity contribution in [3.05, 3.63) is 49.5 Å². The molecule has 0 aliphatic carbocycles. The maximum Gasteiger partial charge on any atom is 0.339 e. The smallest absolute Gasteiger partial charge is 0.339 e. The Morgan fingerprint density at radius 1 is 1.47 bits per heavy atom. The number of rotatable bonds is 3. The molecule has 1 aromatic heterocycles. The first-order chi connectivity index (χ1) is 9.01. The molecule has 0 bridgehead atoms. The molecule has 8 heteroatoms. The van der Waals surface area contributed by atoms with Crippen molar-refractivity contribution in [1.29, 1.82) is 0 Å². The van der Waals surface area contributed by atoms with Gasteiger partial charge in [0.1, 0.15) is 0 Å². The van der Waals surface area contributed by atoms with Crippen molar-refractivity contribution in [1.82, 2.24) is 14.8 Å². The molecule has 1 heterocycles. The van der Waals surface area contributed by atoms with Crippen molar-refractivity contribution >= 4 is 23.4 Å². The molecule has 0 amide bonds. The third-order valence-electron chi connectivity index (χ3n) is 2.33. The van der Waals surface area contributed by atoms with Crippen molar-refractivity contribution < 1.29 is 5.11 Å². The highest BCUT2D eigenvalue weighted by atomic mass is 35.5. The Balaban J connectivity index is 2.39. The van der Waals surface area contributed by atoms with Crippen LogP contribution in [0, 0.1) is 0 Å². The Morgan fingerprint density at radius 2 is 2.21 bits per heavy atom. The first kappa shape index (κ1) is 13.9. The highest BCUT2D eigenvalue weighted by Gasteiger charge is 2.09. The summed E-state index contributed by atoms with van der Waals surface area (Å²) < 4.78 is 1.35. The monoisotopic (exact) mass is 299 g/mol. The molecule has 0 unspecified atom stereocenters. The molecule has 0 aliphatic rings. The second kappa shape index (κ2) is 5.60. The number of halogens is 1. The lowest BCUT2D eigenvalue weighted by molar-refractivity contribution is 0.282. The molecule has 19 heavy (non-hydrogen) atoms. The SMILES string of the molecule is Cn1[nH]c(=O)c(=O)nc1Sc1ccc(CO)cc1Cl. The fourth-order valence-electron chi connectivity index (χ4n) is 1.38. The molecule has 0 saturated heterocycles. The van der Waals surface area contributed by atoms with Crippen LogP contribution in [0.3, 0.4) is 0 Å². The minimum atomic E-state index is -0.844. The summed E-state index contributed by atoms with van der Waals surface area (Å²) >= 11 is 7.21. The van der Waals surface area contributed by atoms with Crippen LogP contribution in [0.5, 0.6) is 0 Å². The van der Waals surface area contributed by atoms with Gasteiger partial charge in [0.25, 0.3) is 0 Å². The second-order valence-electron chi connectivity index (χ2n) is 3.72. The van der Waals surface area contributed by atoms with Crippen molar-refractivity contribution in [3.8, 4) is 0 Å². The van der Waals surface area contributed by atoms with Gasteiger partial charge in [-0.25, -0.2) is 0 Å². The molecule has 6 nitrogen and oxygen atoms in total. The number of aliphatic hydroxyl groups excluding tert-OH is 1. The average molecular weight is 300 g/mol. The summed E-state index contributed by atoms with van der Waals surface area (Å²) in [7, 11) is 1.58. The third kappa shape index (κ3) is 3.06. The molecule has 0 fully saturated rings. The van der Waals surface area contributed by atoms with Crippen LogP contribution in [-0.4, -0.2) is 19.9 Å².